The van der Waals surface area contributed by atoms with Crippen LogP contribution in [-0.4, -0.2) is 6.61 Å². The first-order chi connectivity index (χ1) is 6.86. The van der Waals surface area contributed by atoms with Gasteiger partial charge in [0.1, 0.15) is 0 Å². The first-order valence-electron chi connectivity index (χ1n) is 4.05. The molecule has 0 saturated heterocycles. The van der Waals surface area contributed by atoms with Crippen molar-refractivity contribution in [2.75, 3.05) is 6.61 Å². The van der Waals surface area contributed by atoms with Gasteiger partial charge >= 0.3 is 6.18 Å². The Morgan fingerprint density at radius 3 is 2.40 bits per heavy atom. The van der Waals surface area contributed by atoms with Crippen LogP contribution in [0.3, 0.4) is 0 Å². The second-order valence-electron chi connectivity index (χ2n) is 2.70. The molecule has 6 heteroatoms. The van der Waals surface area contributed by atoms with Gasteiger partial charge in [-0.15, -0.1) is 0 Å². The highest BCUT2D eigenvalue weighted by molar-refractivity contribution is 9.10. The van der Waals surface area contributed by atoms with Gasteiger partial charge in [-0.25, -0.2) is 4.39 Å². The number of halogens is 5. The van der Waals surface area contributed by atoms with E-state index in [2.05, 4.69) is 15.9 Å². The molecule has 0 aliphatic carbocycles. The predicted octanol–water partition coefficient (Wildman–Crippen LogP) is 4.01. The van der Waals surface area contributed by atoms with E-state index in [1.807, 2.05) is 0 Å². The van der Waals surface area contributed by atoms with Crippen LogP contribution in [0, 0.1) is 5.82 Å². The molecule has 0 N–H and O–H groups in total. The van der Waals surface area contributed by atoms with Crippen LogP contribution in [0.2, 0.25) is 0 Å². The maximum Gasteiger partial charge on any atom is 0.419 e. The molecule has 0 spiro atoms. The molecule has 1 aromatic rings. The van der Waals surface area contributed by atoms with Crippen molar-refractivity contribution in [1.82, 2.24) is 0 Å². The van der Waals surface area contributed by atoms with Crippen LogP contribution < -0.4 is 4.74 Å². The molecule has 0 radical (unpaired) electrons. The maximum absolute atomic E-state index is 13.3. The molecule has 0 aliphatic rings. The summed E-state index contributed by atoms with van der Waals surface area (Å²) in [5, 5.41) is 0. The smallest absolute Gasteiger partial charge is 0.419 e. The molecule has 15 heavy (non-hydrogen) atoms. The quantitative estimate of drug-likeness (QED) is 0.747. The molecule has 1 aromatic carbocycles. The zero-order chi connectivity index (χ0) is 11.6. The van der Waals surface area contributed by atoms with Crippen LogP contribution in [0.15, 0.2) is 16.6 Å². The lowest BCUT2D eigenvalue weighted by Crippen LogP contribution is -2.09. The molecule has 0 amide bonds. The Balaban J connectivity index is 3.28. The van der Waals surface area contributed by atoms with Gasteiger partial charge in [0.05, 0.1) is 12.2 Å². The average Bonchev–Trinajstić information content (AvgIpc) is 2.09. The van der Waals surface area contributed by atoms with Gasteiger partial charge in [-0.05, 0) is 19.1 Å². The van der Waals surface area contributed by atoms with Crippen LogP contribution in [0.4, 0.5) is 17.6 Å². The maximum atomic E-state index is 13.3. The highest BCUT2D eigenvalue weighted by Gasteiger charge is 2.35. The van der Waals surface area contributed by atoms with Crippen molar-refractivity contribution >= 4 is 15.9 Å². The number of alkyl halides is 3. The summed E-state index contributed by atoms with van der Waals surface area (Å²) in [4.78, 5) is 0. The van der Waals surface area contributed by atoms with Crippen LogP contribution in [0.5, 0.6) is 5.75 Å². The van der Waals surface area contributed by atoms with Crippen molar-refractivity contribution < 1.29 is 22.3 Å². The molecule has 0 aromatic heterocycles. The van der Waals surface area contributed by atoms with Gasteiger partial charge < -0.3 is 4.74 Å². The predicted molar refractivity (Wildman–Crippen MR) is 50.3 cm³/mol. The van der Waals surface area contributed by atoms with E-state index >= 15 is 0 Å². The Morgan fingerprint density at radius 2 is 1.93 bits per heavy atom. The Hall–Kier alpha value is -0.780. The van der Waals surface area contributed by atoms with Crippen LogP contribution in [-0.2, 0) is 6.18 Å². The lowest BCUT2D eigenvalue weighted by atomic mass is 10.2. The Bertz CT molecular complexity index is 362. The van der Waals surface area contributed by atoms with Crippen molar-refractivity contribution in [3.05, 3.63) is 28.0 Å². The highest BCUT2D eigenvalue weighted by atomic mass is 79.9. The first-order valence-corrected chi connectivity index (χ1v) is 4.84. The number of hydrogen-bond acceptors (Lipinski definition) is 1. The minimum Gasteiger partial charge on any atom is -0.491 e. The SMILES string of the molecule is CCOc1cc(Br)cc(C(F)(F)F)c1F. The molecular weight excluding hydrogens is 280 g/mol. The minimum absolute atomic E-state index is 0.102. The molecule has 0 unspecified atom stereocenters. The van der Waals surface area contributed by atoms with E-state index in [1.165, 1.54) is 0 Å². The molecular formula is C9H7BrF4O. The molecule has 1 rings (SSSR count). The zero-order valence-electron chi connectivity index (χ0n) is 7.66. The fourth-order valence-corrected chi connectivity index (χ4v) is 1.47. The van der Waals surface area contributed by atoms with E-state index in [-0.39, 0.29) is 11.1 Å². The van der Waals surface area contributed by atoms with Gasteiger partial charge in [0.25, 0.3) is 0 Å². The molecule has 0 atom stereocenters. The normalized spacial score (nSPS) is 11.6. The van der Waals surface area contributed by atoms with Crippen LogP contribution in [0.25, 0.3) is 0 Å². The third-order valence-electron chi connectivity index (χ3n) is 1.61. The summed E-state index contributed by atoms with van der Waals surface area (Å²) in [5.41, 5.74) is -1.33. The Labute approximate surface area is 92.2 Å². The second kappa shape index (κ2) is 4.38. The summed E-state index contributed by atoms with van der Waals surface area (Å²) in [6, 6.07) is 1.84. The van der Waals surface area contributed by atoms with Crippen LogP contribution >= 0.6 is 15.9 Å². The number of benzene rings is 1. The topological polar surface area (TPSA) is 9.23 Å². The van der Waals surface area contributed by atoms with Crippen molar-refractivity contribution in [3.63, 3.8) is 0 Å². The highest BCUT2D eigenvalue weighted by Crippen LogP contribution is 2.37. The van der Waals surface area contributed by atoms with E-state index in [9.17, 15) is 17.6 Å². The lowest BCUT2D eigenvalue weighted by Gasteiger charge is -2.12. The van der Waals surface area contributed by atoms with Gasteiger partial charge in [-0.1, -0.05) is 15.9 Å². The van der Waals surface area contributed by atoms with E-state index in [4.69, 9.17) is 4.74 Å². The third kappa shape index (κ3) is 2.84. The summed E-state index contributed by atoms with van der Waals surface area (Å²) >= 11 is 2.86. The second-order valence-corrected chi connectivity index (χ2v) is 3.61. The summed E-state index contributed by atoms with van der Waals surface area (Å²) in [6.07, 6.45) is -4.72. The number of hydrogen-bond donors (Lipinski definition) is 0. The summed E-state index contributed by atoms with van der Waals surface area (Å²) in [7, 11) is 0. The Kier molecular flexibility index (Phi) is 3.59. The van der Waals surface area contributed by atoms with Gasteiger partial charge in [-0.2, -0.15) is 13.2 Å². The van der Waals surface area contributed by atoms with Gasteiger partial charge in [0.2, 0.25) is 0 Å². The molecule has 0 bridgehead atoms. The van der Waals surface area contributed by atoms with E-state index in [1.54, 1.807) is 6.92 Å². The monoisotopic (exact) mass is 286 g/mol. The molecule has 0 saturated carbocycles. The van der Waals surface area contributed by atoms with Gasteiger partial charge in [-0.3, -0.25) is 0 Å². The molecule has 0 aliphatic heterocycles. The van der Waals surface area contributed by atoms with Crippen molar-refractivity contribution in [1.29, 1.82) is 0 Å². The summed E-state index contributed by atoms with van der Waals surface area (Å²) in [5.74, 6) is -1.79. The summed E-state index contributed by atoms with van der Waals surface area (Å²) < 4.78 is 55.1. The summed E-state index contributed by atoms with van der Waals surface area (Å²) in [6.45, 7) is 1.66. The van der Waals surface area contributed by atoms with E-state index in [0.717, 1.165) is 6.07 Å². The minimum atomic E-state index is -4.72. The number of ether oxygens (including phenoxy) is 1. The van der Waals surface area contributed by atoms with E-state index < -0.39 is 23.3 Å². The average molecular weight is 287 g/mol. The van der Waals surface area contributed by atoms with Crippen LogP contribution in [0.1, 0.15) is 12.5 Å². The fraction of sp³-hybridized carbons (Fsp3) is 0.333. The zero-order valence-corrected chi connectivity index (χ0v) is 9.25. The molecule has 84 valence electrons. The standard InChI is InChI=1S/C9H7BrF4O/c1-2-15-7-4-5(10)3-6(8(7)11)9(12,13)14/h3-4H,2H2,1H3. The third-order valence-corrected chi connectivity index (χ3v) is 2.07. The van der Waals surface area contributed by atoms with E-state index in [0.29, 0.717) is 6.07 Å². The van der Waals surface area contributed by atoms with Crippen molar-refractivity contribution in [3.8, 4) is 5.75 Å². The fourth-order valence-electron chi connectivity index (χ4n) is 1.03. The molecule has 0 fully saturated rings. The molecule has 1 nitrogen and oxygen atoms in total. The van der Waals surface area contributed by atoms with Gasteiger partial charge in [0.15, 0.2) is 11.6 Å². The lowest BCUT2D eigenvalue weighted by molar-refractivity contribution is -0.140. The van der Waals surface area contributed by atoms with Crippen molar-refractivity contribution in [2.24, 2.45) is 0 Å². The van der Waals surface area contributed by atoms with Gasteiger partial charge in [0, 0.05) is 4.47 Å². The van der Waals surface area contributed by atoms with Crippen molar-refractivity contribution in [2.45, 2.75) is 13.1 Å². The largest absolute Gasteiger partial charge is 0.491 e. The number of rotatable bonds is 2. The first kappa shape index (κ1) is 12.3. The molecule has 0 heterocycles. The Morgan fingerprint density at radius 1 is 1.33 bits per heavy atom.